The number of rotatable bonds is 3. The SMILES string of the molecule is CC1(C)[C@H](CC2CCCCC2)[C@H]1C(=O)O. The van der Waals surface area contributed by atoms with E-state index in [1.807, 2.05) is 0 Å². The van der Waals surface area contributed by atoms with Crippen molar-refractivity contribution in [3.63, 3.8) is 0 Å². The second-order valence-electron chi connectivity index (χ2n) is 5.98. The van der Waals surface area contributed by atoms with Gasteiger partial charge >= 0.3 is 5.97 Å². The van der Waals surface area contributed by atoms with E-state index in [0.717, 1.165) is 12.3 Å². The summed E-state index contributed by atoms with van der Waals surface area (Å²) in [7, 11) is 0. The van der Waals surface area contributed by atoms with Crippen molar-refractivity contribution in [3.8, 4) is 0 Å². The van der Waals surface area contributed by atoms with Crippen molar-refractivity contribution in [1.82, 2.24) is 0 Å². The predicted molar refractivity (Wildman–Crippen MR) is 59.6 cm³/mol. The quantitative estimate of drug-likeness (QED) is 0.776. The number of carboxylic acid groups (broad SMARTS) is 1. The van der Waals surface area contributed by atoms with Gasteiger partial charge in [0, 0.05) is 0 Å². The third kappa shape index (κ3) is 2.04. The smallest absolute Gasteiger partial charge is 0.307 e. The molecule has 2 atom stereocenters. The summed E-state index contributed by atoms with van der Waals surface area (Å²) in [6.07, 6.45) is 7.92. The fraction of sp³-hybridized carbons (Fsp3) is 0.923. The van der Waals surface area contributed by atoms with Crippen LogP contribution in [0.1, 0.15) is 52.4 Å². The lowest BCUT2D eigenvalue weighted by molar-refractivity contribution is -0.139. The van der Waals surface area contributed by atoms with E-state index in [1.165, 1.54) is 32.1 Å². The van der Waals surface area contributed by atoms with Crippen LogP contribution in [0.15, 0.2) is 0 Å². The molecule has 0 bridgehead atoms. The molecule has 2 saturated carbocycles. The van der Waals surface area contributed by atoms with Crippen LogP contribution in [0.3, 0.4) is 0 Å². The Morgan fingerprint density at radius 3 is 2.33 bits per heavy atom. The van der Waals surface area contributed by atoms with Crippen molar-refractivity contribution < 1.29 is 9.90 Å². The standard InChI is InChI=1S/C13H22O2/c1-13(2)10(11(13)12(14)15)8-9-6-4-3-5-7-9/h9-11H,3-8H2,1-2H3,(H,14,15)/t10-,11+/m1/s1. The van der Waals surface area contributed by atoms with Crippen LogP contribution >= 0.6 is 0 Å². The van der Waals surface area contributed by atoms with Crippen LogP contribution in [-0.2, 0) is 4.79 Å². The van der Waals surface area contributed by atoms with E-state index in [2.05, 4.69) is 13.8 Å². The molecular weight excluding hydrogens is 188 g/mol. The van der Waals surface area contributed by atoms with E-state index in [-0.39, 0.29) is 11.3 Å². The van der Waals surface area contributed by atoms with Crippen molar-refractivity contribution in [2.45, 2.75) is 52.4 Å². The fourth-order valence-corrected chi connectivity index (χ4v) is 3.46. The molecule has 2 rings (SSSR count). The number of aliphatic carboxylic acids is 1. The zero-order chi connectivity index (χ0) is 11.1. The summed E-state index contributed by atoms with van der Waals surface area (Å²) >= 11 is 0. The topological polar surface area (TPSA) is 37.3 Å². The maximum atomic E-state index is 11.0. The zero-order valence-electron chi connectivity index (χ0n) is 9.83. The Bertz CT molecular complexity index is 251. The number of carboxylic acids is 1. The summed E-state index contributed by atoms with van der Waals surface area (Å²) < 4.78 is 0. The normalized spacial score (nSPS) is 35.1. The van der Waals surface area contributed by atoms with E-state index in [9.17, 15) is 4.79 Å². The molecule has 0 amide bonds. The van der Waals surface area contributed by atoms with E-state index in [4.69, 9.17) is 5.11 Å². The Morgan fingerprint density at radius 2 is 1.87 bits per heavy atom. The summed E-state index contributed by atoms with van der Waals surface area (Å²) in [4.78, 5) is 11.0. The summed E-state index contributed by atoms with van der Waals surface area (Å²) in [5.41, 5.74) is 0.0588. The maximum Gasteiger partial charge on any atom is 0.307 e. The maximum absolute atomic E-state index is 11.0. The molecule has 2 heteroatoms. The summed E-state index contributed by atoms with van der Waals surface area (Å²) in [6, 6.07) is 0. The van der Waals surface area contributed by atoms with Gasteiger partial charge in [-0.3, -0.25) is 4.79 Å². The second kappa shape index (κ2) is 3.80. The third-order valence-corrected chi connectivity index (χ3v) is 4.63. The molecule has 2 fully saturated rings. The number of hydrogen-bond donors (Lipinski definition) is 1. The molecule has 0 aromatic heterocycles. The Kier molecular flexibility index (Phi) is 2.78. The van der Waals surface area contributed by atoms with E-state index >= 15 is 0 Å². The Morgan fingerprint density at radius 1 is 1.27 bits per heavy atom. The second-order valence-corrected chi connectivity index (χ2v) is 5.98. The Hall–Kier alpha value is -0.530. The van der Waals surface area contributed by atoms with E-state index in [0.29, 0.717) is 5.92 Å². The van der Waals surface area contributed by atoms with Gasteiger partial charge in [-0.05, 0) is 23.7 Å². The summed E-state index contributed by atoms with van der Waals surface area (Å²) in [5.74, 6) is 0.603. The lowest BCUT2D eigenvalue weighted by atomic mass is 9.84. The number of hydrogen-bond acceptors (Lipinski definition) is 1. The van der Waals surface area contributed by atoms with Gasteiger partial charge in [0.15, 0.2) is 0 Å². The molecule has 2 nitrogen and oxygen atoms in total. The van der Waals surface area contributed by atoms with Gasteiger partial charge in [-0.15, -0.1) is 0 Å². The molecule has 2 aliphatic rings. The van der Waals surface area contributed by atoms with E-state index < -0.39 is 5.97 Å². The predicted octanol–water partition coefficient (Wildman–Crippen LogP) is 3.31. The van der Waals surface area contributed by atoms with Gasteiger partial charge < -0.3 is 5.11 Å². The Labute approximate surface area is 92.1 Å². The first kappa shape index (κ1) is 11.0. The molecule has 2 aliphatic carbocycles. The van der Waals surface area contributed by atoms with Crippen LogP contribution in [0, 0.1) is 23.2 Å². The lowest BCUT2D eigenvalue weighted by Gasteiger charge is -2.21. The van der Waals surface area contributed by atoms with Crippen LogP contribution in [0.5, 0.6) is 0 Å². The molecule has 0 aromatic carbocycles. The molecule has 0 heterocycles. The molecule has 86 valence electrons. The minimum absolute atomic E-state index is 0.0588. The van der Waals surface area contributed by atoms with Gasteiger partial charge in [0.25, 0.3) is 0 Å². The van der Waals surface area contributed by atoms with Crippen LogP contribution < -0.4 is 0 Å². The molecule has 0 aliphatic heterocycles. The van der Waals surface area contributed by atoms with Crippen molar-refractivity contribution >= 4 is 5.97 Å². The third-order valence-electron chi connectivity index (χ3n) is 4.63. The largest absolute Gasteiger partial charge is 0.481 e. The van der Waals surface area contributed by atoms with Gasteiger partial charge in [0.05, 0.1) is 5.92 Å². The van der Waals surface area contributed by atoms with Gasteiger partial charge in [0.1, 0.15) is 0 Å². The van der Waals surface area contributed by atoms with Gasteiger partial charge in [-0.2, -0.15) is 0 Å². The monoisotopic (exact) mass is 210 g/mol. The molecule has 15 heavy (non-hydrogen) atoms. The highest BCUT2D eigenvalue weighted by Gasteiger charge is 2.61. The first-order valence-electron chi connectivity index (χ1n) is 6.26. The molecular formula is C13H22O2. The number of carbonyl (C=O) groups is 1. The van der Waals surface area contributed by atoms with Crippen molar-refractivity contribution in [3.05, 3.63) is 0 Å². The van der Waals surface area contributed by atoms with Crippen molar-refractivity contribution in [1.29, 1.82) is 0 Å². The van der Waals surface area contributed by atoms with Crippen LogP contribution in [-0.4, -0.2) is 11.1 Å². The molecule has 0 spiro atoms. The lowest BCUT2D eigenvalue weighted by Crippen LogP contribution is -2.09. The minimum atomic E-state index is -0.583. The highest BCUT2D eigenvalue weighted by Crippen LogP contribution is 2.61. The van der Waals surface area contributed by atoms with Crippen LogP contribution in [0.4, 0.5) is 0 Å². The van der Waals surface area contributed by atoms with Gasteiger partial charge in [-0.1, -0.05) is 46.0 Å². The van der Waals surface area contributed by atoms with Gasteiger partial charge in [-0.25, -0.2) is 0 Å². The average molecular weight is 210 g/mol. The van der Waals surface area contributed by atoms with Crippen LogP contribution in [0.2, 0.25) is 0 Å². The zero-order valence-corrected chi connectivity index (χ0v) is 9.83. The molecule has 0 unspecified atom stereocenters. The average Bonchev–Trinajstić information content (AvgIpc) is 2.70. The van der Waals surface area contributed by atoms with Crippen molar-refractivity contribution in [2.75, 3.05) is 0 Å². The first-order valence-corrected chi connectivity index (χ1v) is 6.26. The van der Waals surface area contributed by atoms with Gasteiger partial charge in [0.2, 0.25) is 0 Å². The first-order chi connectivity index (χ1) is 7.03. The molecule has 0 radical (unpaired) electrons. The summed E-state index contributed by atoms with van der Waals surface area (Å²) in [5, 5.41) is 9.09. The highest BCUT2D eigenvalue weighted by molar-refractivity contribution is 5.75. The minimum Gasteiger partial charge on any atom is -0.481 e. The Balaban J connectivity index is 1.88. The van der Waals surface area contributed by atoms with Crippen LogP contribution in [0.25, 0.3) is 0 Å². The fourth-order valence-electron chi connectivity index (χ4n) is 3.46. The van der Waals surface area contributed by atoms with E-state index in [1.54, 1.807) is 0 Å². The summed E-state index contributed by atoms with van der Waals surface area (Å²) in [6.45, 7) is 4.22. The highest BCUT2D eigenvalue weighted by atomic mass is 16.4. The molecule has 0 saturated heterocycles. The van der Waals surface area contributed by atoms with Crippen molar-refractivity contribution in [2.24, 2.45) is 23.2 Å². The molecule has 0 aromatic rings. The molecule has 1 N–H and O–H groups in total.